The Kier molecular flexibility index (Phi) is 6.97. The second-order valence-electron chi connectivity index (χ2n) is 7.49. The van der Waals surface area contributed by atoms with Gasteiger partial charge in [0.15, 0.2) is 0 Å². The predicted molar refractivity (Wildman–Crippen MR) is 117 cm³/mol. The molecule has 0 saturated heterocycles. The van der Waals surface area contributed by atoms with E-state index in [4.69, 9.17) is 16.3 Å². The van der Waals surface area contributed by atoms with Crippen molar-refractivity contribution in [2.45, 2.75) is 25.7 Å². The molecular formula is C23H23ClFNO5. The summed E-state index contributed by atoms with van der Waals surface area (Å²) in [4.78, 5) is 26.8. The summed E-state index contributed by atoms with van der Waals surface area (Å²) in [6.07, 6.45) is 2.12. The molecule has 0 saturated carbocycles. The van der Waals surface area contributed by atoms with Gasteiger partial charge in [-0.3, -0.25) is 4.79 Å². The highest BCUT2D eigenvalue weighted by Crippen LogP contribution is 2.36. The monoisotopic (exact) mass is 447 g/mol. The van der Waals surface area contributed by atoms with E-state index in [9.17, 15) is 24.2 Å². The maximum absolute atomic E-state index is 14.2. The Morgan fingerprint density at radius 1 is 1.32 bits per heavy atom. The SMILES string of the molecule is COc1cc2[nH]cc(C(=O)O)c(=O)c2cc1C(CO)C(C)CCc1cccc(Cl)c1F. The number of carboxylic acid groups (broad SMARTS) is 1. The molecule has 0 fully saturated rings. The molecule has 3 N–H and O–H groups in total. The zero-order chi connectivity index (χ0) is 22.7. The highest BCUT2D eigenvalue weighted by atomic mass is 35.5. The van der Waals surface area contributed by atoms with Crippen LogP contribution in [0.25, 0.3) is 10.9 Å². The average molecular weight is 448 g/mol. The summed E-state index contributed by atoms with van der Waals surface area (Å²) in [5.41, 5.74) is 0.527. The fraction of sp³-hybridized carbons (Fsp3) is 0.304. The van der Waals surface area contributed by atoms with E-state index in [1.54, 1.807) is 24.3 Å². The van der Waals surface area contributed by atoms with Gasteiger partial charge in [-0.25, -0.2) is 9.18 Å². The van der Waals surface area contributed by atoms with Crippen LogP contribution in [0.3, 0.4) is 0 Å². The number of pyridine rings is 1. The van der Waals surface area contributed by atoms with Crippen LogP contribution in [0.2, 0.25) is 5.02 Å². The Balaban J connectivity index is 1.98. The van der Waals surface area contributed by atoms with Gasteiger partial charge < -0.3 is 19.9 Å². The molecule has 3 rings (SSSR count). The van der Waals surface area contributed by atoms with Crippen LogP contribution in [-0.4, -0.2) is 34.9 Å². The van der Waals surface area contributed by atoms with Gasteiger partial charge in [0, 0.05) is 29.1 Å². The number of aliphatic hydroxyl groups is 1. The number of rotatable bonds is 8. The number of aryl methyl sites for hydroxylation is 1. The minimum Gasteiger partial charge on any atom is -0.496 e. The van der Waals surface area contributed by atoms with Gasteiger partial charge in [-0.1, -0.05) is 30.7 Å². The molecule has 0 amide bonds. The lowest BCUT2D eigenvalue weighted by molar-refractivity contribution is 0.0695. The predicted octanol–water partition coefficient (Wildman–Crippen LogP) is 4.37. The van der Waals surface area contributed by atoms with E-state index in [1.165, 1.54) is 13.2 Å². The Morgan fingerprint density at radius 2 is 2.06 bits per heavy atom. The highest BCUT2D eigenvalue weighted by Gasteiger charge is 2.24. The van der Waals surface area contributed by atoms with Gasteiger partial charge in [0.2, 0.25) is 5.43 Å². The van der Waals surface area contributed by atoms with Crippen LogP contribution in [0.4, 0.5) is 4.39 Å². The van der Waals surface area contributed by atoms with E-state index >= 15 is 0 Å². The molecule has 0 aliphatic rings. The zero-order valence-electron chi connectivity index (χ0n) is 17.1. The Bertz CT molecular complexity index is 1180. The number of aromatic amines is 1. The molecule has 6 nitrogen and oxygen atoms in total. The number of carboxylic acids is 1. The third-order valence-electron chi connectivity index (χ3n) is 5.65. The third-order valence-corrected chi connectivity index (χ3v) is 5.94. The molecule has 31 heavy (non-hydrogen) atoms. The minimum atomic E-state index is -1.32. The van der Waals surface area contributed by atoms with E-state index in [-0.39, 0.29) is 28.5 Å². The van der Waals surface area contributed by atoms with Gasteiger partial charge in [-0.15, -0.1) is 0 Å². The molecule has 0 bridgehead atoms. The molecule has 8 heteroatoms. The molecular weight excluding hydrogens is 425 g/mol. The van der Waals surface area contributed by atoms with E-state index in [0.29, 0.717) is 35.2 Å². The lowest BCUT2D eigenvalue weighted by Gasteiger charge is -2.25. The number of aliphatic hydroxyl groups excluding tert-OH is 1. The van der Waals surface area contributed by atoms with Gasteiger partial charge in [-0.2, -0.15) is 0 Å². The highest BCUT2D eigenvalue weighted by molar-refractivity contribution is 6.30. The van der Waals surface area contributed by atoms with Crippen LogP contribution in [0, 0.1) is 11.7 Å². The van der Waals surface area contributed by atoms with Crippen molar-refractivity contribution in [1.29, 1.82) is 0 Å². The summed E-state index contributed by atoms with van der Waals surface area (Å²) in [5.74, 6) is -1.82. The molecule has 3 aromatic rings. The summed E-state index contributed by atoms with van der Waals surface area (Å²) < 4.78 is 19.7. The summed E-state index contributed by atoms with van der Waals surface area (Å²) in [7, 11) is 1.48. The topological polar surface area (TPSA) is 99.6 Å². The molecule has 2 unspecified atom stereocenters. The first-order valence-corrected chi connectivity index (χ1v) is 10.2. The fourth-order valence-electron chi connectivity index (χ4n) is 3.80. The Morgan fingerprint density at radius 3 is 2.71 bits per heavy atom. The smallest absolute Gasteiger partial charge is 0.341 e. The van der Waals surface area contributed by atoms with E-state index < -0.39 is 23.1 Å². The lowest BCUT2D eigenvalue weighted by atomic mass is 9.83. The van der Waals surface area contributed by atoms with Crippen LogP contribution in [0.15, 0.2) is 41.3 Å². The number of aromatic carboxylic acids is 1. The molecule has 1 aromatic heterocycles. The number of hydrogen-bond acceptors (Lipinski definition) is 4. The molecule has 2 atom stereocenters. The van der Waals surface area contributed by atoms with Crippen molar-refractivity contribution in [3.8, 4) is 5.75 Å². The lowest BCUT2D eigenvalue weighted by Crippen LogP contribution is -2.19. The number of methoxy groups -OCH3 is 1. The normalized spacial score (nSPS) is 13.2. The maximum Gasteiger partial charge on any atom is 0.341 e. The largest absolute Gasteiger partial charge is 0.496 e. The van der Waals surface area contributed by atoms with E-state index in [2.05, 4.69) is 4.98 Å². The summed E-state index contributed by atoms with van der Waals surface area (Å²) in [6.45, 7) is 1.70. The number of hydrogen-bond donors (Lipinski definition) is 3. The molecule has 0 spiro atoms. The van der Waals surface area contributed by atoms with Crippen LogP contribution in [-0.2, 0) is 6.42 Å². The number of nitrogens with one attached hydrogen (secondary N) is 1. The number of H-pyrrole nitrogens is 1. The fourth-order valence-corrected chi connectivity index (χ4v) is 3.99. The van der Waals surface area contributed by atoms with Crippen molar-refractivity contribution in [2.75, 3.05) is 13.7 Å². The van der Waals surface area contributed by atoms with Gasteiger partial charge in [0.25, 0.3) is 0 Å². The average Bonchev–Trinajstić information content (AvgIpc) is 2.75. The Hall–Kier alpha value is -2.90. The third kappa shape index (κ3) is 4.57. The van der Waals surface area contributed by atoms with Crippen LogP contribution >= 0.6 is 11.6 Å². The first kappa shape index (κ1) is 22.8. The number of halogens is 2. The molecule has 2 aromatic carbocycles. The van der Waals surface area contributed by atoms with Gasteiger partial charge in [0.1, 0.15) is 17.1 Å². The second kappa shape index (κ2) is 9.49. The summed E-state index contributed by atoms with van der Waals surface area (Å²) in [5, 5.41) is 19.6. The standard InChI is InChI=1S/C23H23ClFNO5/c1-12(6-7-13-4-3-5-18(24)21(13)25)17(11-27)14-8-15-19(9-20(14)31-2)26-10-16(22(15)28)23(29)30/h3-5,8-10,12,17,27H,6-7,11H2,1-2H3,(H,26,28)(H,29,30). The summed E-state index contributed by atoms with van der Waals surface area (Å²) >= 11 is 5.85. The minimum absolute atomic E-state index is 0.0634. The number of aromatic nitrogens is 1. The Labute approximate surface area is 183 Å². The van der Waals surface area contributed by atoms with E-state index in [0.717, 1.165) is 6.20 Å². The van der Waals surface area contributed by atoms with Gasteiger partial charge in [-0.05, 0) is 36.5 Å². The van der Waals surface area contributed by atoms with Crippen molar-refractivity contribution in [3.63, 3.8) is 0 Å². The van der Waals surface area contributed by atoms with Crippen molar-refractivity contribution >= 4 is 28.5 Å². The van der Waals surface area contributed by atoms with Crippen molar-refractivity contribution < 1.29 is 24.1 Å². The summed E-state index contributed by atoms with van der Waals surface area (Å²) in [6, 6.07) is 8.03. The number of ether oxygens (including phenoxy) is 1. The van der Waals surface area contributed by atoms with Crippen molar-refractivity contribution in [1.82, 2.24) is 4.98 Å². The van der Waals surface area contributed by atoms with Crippen molar-refractivity contribution in [3.05, 3.63) is 74.3 Å². The number of benzene rings is 2. The van der Waals surface area contributed by atoms with Gasteiger partial charge >= 0.3 is 5.97 Å². The number of fused-ring (bicyclic) bond motifs is 1. The van der Waals surface area contributed by atoms with Crippen LogP contribution < -0.4 is 10.2 Å². The van der Waals surface area contributed by atoms with Crippen LogP contribution in [0.1, 0.15) is 40.7 Å². The first-order valence-electron chi connectivity index (χ1n) is 9.78. The zero-order valence-corrected chi connectivity index (χ0v) is 17.9. The molecule has 1 heterocycles. The van der Waals surface area contributed by atoms with Crippen molar-refractivity contribution in [2.24, 2.45) is 5.92 Å². The molecule has 0 radical (unpaired) electrons. The first-order chi connectivity index (χ1) is 14.8. The van der Waals surface area contributed by atoms with Gasteiger partial charge in [0.05, 0.1) is 24.3 Å². The molecule has 0 aliphatic heterocycles. The maximum atomic E-state index is 14.2. The quantitative estimate of drug-likeness (QED) is 0.476. The van der Waals surface area contributed by atoms with E-state index in [1.807, 2.05) is 6.92 Å². The number of carbonyl (C=O) groups is 1. The van der Waals surface area contributed by atoms with Crippen LogP contribution in [0.5, 0.6) is 5.75 Å². The molecule has 164 valence electrons. The second-order valence-corrected chi connectivity index (χ2v) is 7.90. The molecule has 0 aliphatic carbocycles.